The van der Waals surface area contributed by atoms with Crippen molar-refractivity contribution < 1.29 is 23.2 Å². The fourth-order valence-corrected chi connectivity index (χ4v) is 3.47. The van der Waals surface area contributed by atoms with E-state index in [1.807, 2.05) is 67.7 Å². The van der Waals surface area contributed by atoms with Gasteiger partial charge in [-0.25, -0.2) is 0 Å². The van der Waals surface area contributed by atoms with Gasteiger partial charge in [0.25, 0.3) is 22.6 Å². The molecule has 0 spiro atoms. The lowest BCUT2D eigenvalue weighted by molar-refractivity contribution is -0.145. The van der Waals surface area contributed by atoms with Crippen LogP contribution in [0.25, 0.3) is 0 Å². The lowest BCUT2D eigenvalue weighted by Gasteiger charge is -2.37. The third kappa shape index (κ3) is 7.22. The number of amides is 1. The minimum atomic E-state index is -2.35. The minimum absolute atomic E-state index is 0.131. The molecule has 0 rings (SSSR count). The first-order chi connectivity index (χ1) is 11.3. The van der Waals surface area contributed by atoms with E-state index in [1.165, 1.54) is 6.92 Å². The molecule has 1 atom stereocenters. The van der Waals surface area contributed by atoms with E-state index in [0.29, 0.717) is 0 Å². The molecule has 0 saturated carbocycles. The second-order valence-corrected chi connectivity index (χ2v) is 19.3. The molecule has 0 aromatic rings. The second kappa shape index (κ2) is 8.25. The third-order valence-electron chi connectivity index (χ3n) is 5.37. The molecule has 1 N–H and O–H groups in total. The van der Waals surface area contributed by atoms with Crippen LogP contribution in [-0.2, 0) is 23.2 Å². The van der Waals surface area contributed by atoms with Gasteiger partial charge in [0, 0.05) is 6.92 Å². The van der Waals surface area contributed by atoms with Crippen LogP contribution in [0.15, 0.2) is 0 Å². The van der Waals surface area contributed by atoms with Crippen molar-refractivity contribution in [2.75, 3.05) is 0 Å². The van der Waals surface area contributed by atoms with Crippen molar-refractivity contribution in [2.45, 2.75) is 97.2 Å². The molecular weight excluding hydrogens is 366 g/mol. The van der Waals surface area contributed by atoms with E-state index in [9.17, 15) is 14.4 Å². The summed E-state index contributed by atoms with van der Waals surface area (Å²) < 4.78 is 11.5. The highest BCUT2D eigenvalue weighted by atomic mass is 28.4. The lowest BCUT2D eigenvalue weighted by atomic mass is 10.2. The number of hydrogen-bond acceptors (Lipinski definition) is 5. The molecule has 26 heavy (non-hydrogen) atoms. The van der Waals surface area contributed by atoms with Crippen LogP contribution in [0, 0.1) is 0 Å². The molecule has 8 heteroatoms. The maximum atomic E-state index is 12.6. The Hall–Kier alpha value is -1.16. The van der Waals surface area contributed by atoms with Crippen molar-refractivity contribution in [3.8, 4) is 0 Å². The van der Waals surface area contributed by atoms with E-state index in [4.69, 9.17) is 8.85 Å². The standard InChI is InChI=1S/C18H37NO5Si2/c1-13(20)19-14(16(22)24-26(10,11)18(5,6)7)12-15(21)23-25(8,9)17(2,3)4/h14H,12H2,1-11H3,(H,19,20). The van der Waals surface area contributed by atoms with Gasteiger partial charge in [-0.1, -0.05) is 41.5 Å². The Kier molecular flexibility index (Phi) is 7.88. The number of nitrogens with one attached hydrogen (secondary N) is 1. The van der Waals surface area contributed by atoms with Crippen molar-refractivity contribution in [2.24, 2.45) is 0 Å². The lowest BCUT2D eigenvalue weighted by Crippen LogP contribution is -2.50. The summed E-state index contributed by atoms with van der Waals surface area (Å²) in [6.07, 6.45) is -0.223. The van der Waals surface area contributed by atoms with E-state index < -0.39 is 34.6 Å². The SMILES string of the molecule is CC(=O)NC(CC(=O)O[Si](C)(C)C(C)(C)C)C(=O)O[Si](C)(C)C(C)(C)C. The van der Waals surface area contributed by atoms with Gasteiger partial charge in [-0.2, -0.15) is 0 Å². The molecule has 0 aromatic carbocycles. The van der Waals surface area contributed by atoms with Crippen LogP contribution in [0.4, 0.5) is 0 Å². The number of rotatable bonds is 6. The summed E-state index contributed by atoms with van der Waals surface area (Å²) in [5, 5.41) is 2.24. The van der Waals surface area contributed by atoms with E-state index in [-0.39, 0.29) is 22.4 Å². The largest absolute Gasteiger partial charge is 0.519 e. The zero-order valence-electron chi connectivity index (χ0n) is 18.3. The molecule has 0 fully saturated rings. The van der Waals surface area contributed by atoms with Crippen LogP contribution in [0.1, 0.15) is 54.9 Å². The maximum Gasteiger partial charge on any atom is 0.315 e. The number of carbonyl (C=O) groups is 3. The third-order valence-corrected chi connectivity index (χ3v) is 14.0. The van der Waals surface area contributed by atoms with Crippen molar-refractivity contribution in [1.82, 2.24) is 5.32 Å². The van der Waals surface area contributed by atoms with Crippen LogP contribution in [-0.4, -0.2) is 40.5 Å². The first-order valence-corrected chi connectivity index (χ1v) is 14.8. The normalized spacial score (nSPS) is 14.4. The summed E-state index contributed by atoms with van der Waals surface area (Å²) in [4.78, 5) is 36.6. The van der Waals surface area contributed by atoms with Crippen molar-refractivity contribution in [1.29, 1.82) is 0 Å². The second-order valence-electron chi connectivity index (χ2n) is 9.87. The van der Waals surface area contributed by atoms with Crippen molar-refractivity contribution in [3.05, 3.63) is 0 Å². The molecule has 1 unspecified atom stereocenters. The van der Waals surface area contributed by atoms with Crippen molar-refractivity contribution in [3.63, 3.8) is 0 Å². The molecule has 0 aliphatic heterocycles. The minimum Gasteiger partial charge on any atom is -0.519 e. The summed E-state index contributed by atoms with van der Waals surface area (Å²) in [6.45, 7) is 21.3. The predicted octanol–water partition coefficient (Wildman–Crippen LogP) is 3.98. The maximum absolute atomic E-state index is 12.6. The monoisotopic (exact) mass is 403 g/mol. The topological polar surface area (TPSA) is 81.7 Å². The first-order valence-electron chi connectivity index (χ1n) is 9.02. The van der Waals surface area contributed by atoms with Gasteiger partial charge in [-0.05, 0) is 36.3 Å². The molecule has 0 saturated heterocycles. The van der Waals surface area contributed by atoms with Crippen LogP contribution in [0.5, 0.6) is 0 Å². The molecule has 152 valence electrons. The fraction of sp³-hybridized carbons (Fsp3) is 0.833. The smallest absolute Gasteiger partial charge is 0.315 e. The van der Waals surface area contributed by atoms with Gasteiger partial charge in [0.15, 0.2) is 0 Å². The molecule has 0 aliphatic rings. The van der Waals surface area contributed by atoms with E-state index in [0.717, 1.165) is 0 Å². The first kappa shape index (κ1) is 24.8. The molecule has 0 heterocycles. The highest BCUT2D eigenvalue weighted by Crippen LogP contribution is 2.38. The van der Waals surface area contributed by atoms with Gasteiger partial charge in [-0.15, -0.1) is 0 Å². The van der Waals surface area contributed by atoms with E-state index >= 15 is 0 Å². The number of hydrogen-bond donors (Lipinski definition) is 1. The highest BCUT2D eigenvalue weighted by Gasteiger charge is 2.43. The summed E-state index contributed by atoms with van der Waals surface area (Å²) in [5.74, 6) is -1.44. The Bertz CT molecular complexity index is 545. The van der Waals surface area contributed by atoms with Gasteiger partial charge in [-0.3, -0.25) is 14.4 Å². The Morgan fingerprint density at radius 1 is 0.846 bits per heavy atom. The molecular formula is C18H37NO5Si2. The summed E-state index contributed by atoms with van der Waals surface area (Å²) >= 11 is 0. The zero-order chi connectivity index (χ0) is 21.1. The van der Waals surface area contributed by atoms with E-state index in [1.54, 1.807) is 0 Å². The quantitative estimate of drug-likeness (QED) is 0.678. The fourth-order valence-electron chi connectivity index (χ4n) is 1.56. The Balaban J connectivity index is 5.26. The summed E-state index contributed by atoms with van der Waals surface area (Å²) in [5.41, 5.74) is 0. The van der Waals surface area contributed by atoms with Crippen LogP contribution < -0.4 is 5.32 Å². The molecule has 1 amide bonds. The zero-order valence-corrected chi connectivity index (χ0v) is 20.3. The molecule has 0 aliphatic carbocycles. The van der Waals surface area contributed by atoms with Crippen molar-refractivity contribution >= 4 is 34.5 Å². The van der Waals surface area contributed by atoms with Gasteiger partial charge in [0.1, 0.15) is 6.04 Å². The van der Waals surface area contributed by atoms with Gasteiger partial charge in [0.05, 0.1) is 6.42 Å². The summed E-state index contributed by atoms with van der Waals surface area (Å²) in [7, 11) is -4.65. The Labute approximate surface area is 160 Å². The highest BCUT2D eigenvalue weighted by molar-refractivity contribution is 6.76. The van der Waals surface area contributed by atoms with Gasteiger partial charge >= 0.3 is 5.97 Å². The molecule has 0 bridgehead atoms. The van der Waals surface area contributed by atoms with Gasteiger partial charge in [0.2, 0.25) is 5.91 Å². The average molecular weight is 404 g/mol. The molecule has 0 radical (unpaired) electrons. The Morgan fingerprint density at radius 3 is 1.58 bits per heavy atom. The van der Waals surface area contributed by atoms with Crippen LogP contribution in [0.2, 0.25) is 36.3 Å². The number of carbonyl (C=O) groups excluding carboxylic acids is 3. The summed E-state index contributed by atoms with van der Waals surface area (Å²) in [6, 6.07) is -1.03. The Morgan fingerprint density at radius 2 is 1.23 bits per heavy atom. The van der Waals surface area contributed by atoms with Crippen LogP contribution >= 0.6 is 0 Å². The molecule has 0 aromatic heterocycles. The van der Waals surface area contributed by atoms with Crippen LogP contribution in [0.3, 0.4) is 0 Å². The average Bonchev–Trinajstić information content (AvgIpc) is 2.32. The molecule has 6 nitrogen and oxygen atoms in total. The van der Waals surface area contributed by atoms with Gasteiger partial charge < -0.3 is 14.2 Å². The predicted molar refractivity (Wildman–Crippen MR) is 109 cm³/mol. The van der Waals surface area contributed by atoms with E-state index in [2.05, 4.69) is 5.32 Å².